The Morgan fingerprint density at radius 1 is 1.26 bits per heavy atom. The highest BCUT2D eigenvalue weighted by Gasteiger charge is 2.27. The van der Waals surface area contributed by atoms with Crippen molar-refractivity contribution in [1.29, 1.82) is 0 Å². The molecule has 1 aliphatic rings. The lowest BCUT2D eigenvalue weighted by Crippen LogP contribution is -2.40. The molecule has 0 radical (unpaired) electrons. The molecule has 1 N–H and O–H groups in total. The lowest BCUT2D eigenvalue weighted by atomic mass is 10.2. The summed E-state index contributed by atoms with van der Waals surface area (Å²) in [5.41, 5.74) is -0.396. The van der Waals surface area contributed by atoms with Crippen molar-refractivity contribution in [2.24, 2.45) is 0 Å². The summed E-state index contributed by atoms with van der Waals surface area (Å²) in [6.45, 7) is 0.864. The summed E-state index contributed by atoms with van der Waals surface area (Å²) >= 11 is 0. The van der Waals surface area contributed by atoms with Crippen LogP contribution in [0.1, 0.15) is 10.4 Å². The van der Waals surface area contributed by atoms with E-state index < -0.39 is 27.4 Å². The number of aromatic carboxylic acids is 1. The number of halogens is 1. The van der Waals surface area contributed by atoms with Gasteiger partial charge in [0.1, 0.15) is 5.82 Å². The quantitative estimate of drug-likeness (QED) is 0.878. The Labute approximate surface area is 109 Å². The maximum atomic E-state index is 13.3. The molecule has 0 spiro atoms. The highest BCUT2D eigenvalue weighted by molar-refractivity contribution is 7.89. The summed E-state index contributed by atoms with van der Waals surface area (Å²) in [6.07, 6.45) is 0. The Bertz CT molecular complexity index is 595. The minimum atomic E-state index is -3.89. The predicted molar refractivity (Wildman–Crippen MR) is 62.9 cm³/mol. The van der Waals surface area contributed by atoms with Gasteiger partial charge in [0.05, 0.1) is 23.7 Å². The summed E-state index contributed by atoms with van der Waals surface area (Å²) in [7, 11) is -3.89. The van der Waals surface area contributed by atoms with Crippen molar-refractivity contribution in [3.63, 3.8) is 0 Å². The van der Waals surface area contributed by atoms with Crippen LogP contribution in [0, 0.1) is 5.82 Å². The van der Waals surface area contributed by atoms with Gasteiger partial charge in [0, 0.05) is 13.1 Å². The van der Waals surface area contributed by atoms with Gasteiger partial charge in [-0.25, -0.2) is 17.6 Å². The van der Waals surface area contributed by atoms with E-state index in [0.29, 0.717) is 0 Å². The van der Waals surface area contributed by atoms with Crippen LogP contribution in [0.4, 0.5) is 4.39 Å². The minimum Gasteiger partial charge on any atom is -0.478 e. The van der Waals surface area contributed by atoms with E-state index >= 15 is 0 Å². The molecule has 8 heteroatoms. The van der Waals surface area contributed by atoms with Gasteiger partial charge in [-0.15, -0.1) is 0 Å². The summed E-state index contributed by atoms with van der Waals surface area (Å²) < 4.78 is 44.0. The average molecular weight is 289 g/mol. The van der Waals surface area contributed by atoms with Gasteiger partial charge in [0.2, 0.25) is 10.0 Å². The maximum absolute atomic E-state index is 13.3. The molecule has 0 aliphatic carbocycles. The fourth-order valence-corrected chi connectivity index (χ4v) is 3.24. The summed E-state index contributed by atoms with van der Waals surface area (Å²) in [4.78, 5) is 10.5. The second kappa shape index (κ2) is 5.24. The number of morpholine rings is 1. The molecule has 19 heavy (non-hydrogen) atoms. The van der Waals surface area contributed by atoms with Crippen molar-refractivity contribution in [2.75, 3.05) is 26.3 Å². The molecule has 1 aromatic carbocycles. The molecule has 0 bridgehead atoms. The molecule has 0 atom stereocenters. The number of carboxylic acids is 1. The van der Waals surface area contributed by atoms with Crippen LogP contribution in [-0.2, 0) is 14.8 Å². The number of sulfonamides is 1. The van der Waals surface area contributed by atoms with Gasteiger partial charge in [-0.05, 0) is 18.2 Å². The summed E-state index contributed by atoms with van der Waals surface area (Å²) in [5, 5.41) is 8.81. The first kappa shape index (κ1) is 13.9. The predicted octanol–water partition coefficient (Wildman–Crippen LogP) is 0.545. The third kappa shape index (κ3) is 2.91. The van der Waals surface area contributed by atoms with E-state index in [1.807, 2.05) is 0 Å². The highest BCUT2D eigenvalue weighted by Crippen LogP contribution is 2.20. The Balaban J connectivity index is 2.42. The molecule has 2 rings (SSSR count). The summed E-state index contributed by atoms with van der Waals surface area (Å²) in [6, 6.07) is 2.55. The van der Waals surface area contributed by atoms with E-state index in [-0.39, 0.29) is 31.2 Å². The molecule has 1 heterocycles. The number of benzene rings is 1. The number of rotatable bonds is 3. The van der Waals surface area contributed by atoms with Crippen LogP contribution >= 0.6 is 0 Å². The van der Waals surface area contributed by atoms with Crippen LogP contribution in [0.5, 0.6) is 0 Å². The number of carbonyl (C=O) groups is 1. The van der Waals surface area contributed by atoms with Crippen LogP contribution in [0.25, 0.3) is 0 Å². The van der Waals surface area contributed by atoms with E-state index in [9.17, 15) is 17.6 Å². The van der Waals surface area contributed by atoms with Gasteiger partial charge in [-0.1, -0.05) is 0 Å². The number of hydrogen-bond acceptors (Lipinski definition) is 4. The van der Waals surface area contributed by atoms with E-state index in [2.05, 4.69) is 0 Å². The van der Waals surface area contributed by atoms with Crippen molar-refractivity contribution in [1.82, 2.24) is 4.31 Å². The molecule has 0 aromatic heterocycles. The first-order valence-corrected chi connectivity index (χ1v) is 6.97. The van der Waals surface area contributed by atoms with E-state index in [1.165, 1.54) is 0 Å². The highest BCUT2D eigenvalue weighted by atomic mass is 32.2. The first-order chi connectivity index (χ1) is 8.91. The third-order valence-electron chi connectivity index (χ3n) is 2.73. The van der Waals surface area contributed by atoms with E-state index in [1.54, 1.807) is 0 Å². The smallest absolute Gasteiger partial charge is 0.335 e. The Morgan fingerprint density at radius 2 is 1.89 bits per heavy atom. The number of hydrogen-bond donors (Lipinski definition) is 1. The van der Waals surface area contributed by atoms with Gasteiger partial charge >= 0.3 is 5.97 Å². The second-order valence-corrected chi connectivity index (χ2v) is 5.94. The van der Waals surface area contributed by atoms with Gasteiger partial charge in [0.15, 0.2) is 0 Å². The molecule has 0 amide bonds. The molecule has 6 nitrogen and oxygen atoms in total. The molecule has 0 saturated carbocycles. The zero-order valence-corrected chi connectivity index (χ0v) is 10.7. The van der Waals surface area contributed by atoms with Gasteiger partial charge in [-0.2, -0.15) is 4.31 Å². The standard InChI is InChI=1S/C11H12FNO5S/c12-9-5-8(11(14)15)6-10(7-9)19(16,17)13-1-3-18-4-2-13/h5-7H,1-4H2,(H,14,15). The number of nitrogens with zero attached hydrogens (tertiary/aromatic N) is 1. The topological polar surface area (TPSA) is 83.9 Å². The Kier molecular flexibility index (Phi) is 3.83. The van der Waals surface area contributed by atoms with Gasteiger partial charge in [-0.3, -0.25) is 0 Å². The molecule has 1 aromatic rings. The molecule has 1 saturated heterocycles. The van der Waals surface area contributed by atoms with Crippen LogP contribution < -0.4 is 0 Å². The third-order valence-corrected chi connectivity index (χ3v) is 4.60. The number of carboxylic acid groups (broad SMARTS) is 1. The zero-order chi connectivity index (χ0) is 14.0. The van der Waals surface area contributed by atoms with E-state index in [4.69, 9.17) is 9.84 Å². The molecule has 1 fully saturated rings. The van der Waals surface area contributed by atoms with Crippen LogP contribution in [-0.4, -0.2) is 50.1 Å². The fourth-order valence-electron chi connectivity index (χ4n) is 1.77. The fraction of sp³-hybridized carbons (Fsp3) is 0.364. The molecule has 104 valence electrons. The monoisotopic (exact) mass is 289 g/mol. The molecular formula is C11H12FNO5S. The second-order valence-electron chi connectivity index (χ2n) is 4.00. The van der Waals surface area contributed by atoms with E-state index in [0.717, 1.165) is 22.5 Å². The molecule has 1 aliphatic heterocycles. The lowest BCUT2D eigenvalue weighted by molar-refractivity contribution is 0.0695. The van der Waals surface area contributed by atoms with Crippen molar-refractivity contribution < 1.29 is 27.4 Å². The van der Waals surface area contributed by atoms with Crippen molar-refractivity contribution in [3.05, 3.63) is 29.6 Å². The maximum Gasteiger partial charge on any atom is 0.335 e. The lowest BCUT2D eigenvalue weighted by Gasteiger charge is -2.26. The van der Waals surface area contributed by atoms with Crippen LogP contribution in [0.3, 0.4) is 0 Å². The number of ether oxygens (including phenoxy) is 1. The Hall–Kier alpha value is -1.51. The van der Waals surface area contributed by atoms with Crippen LogP contribution in [0.15, 0.2) is 23.1 Å². The summed E-state index contributed by atoms with van der Waals surface area (Å²) in [5.74, 6) is -2.27. The Morgan fingerprint density at radius 3 is 2.47 bits per heavy atom. The van der Waals surface area contributed by atoms with Crippen molar-refractivity contribution in [3.8, 4) is 0 Å². The molecular weight excluding hydrogens is 277 g/mol. The van der Waals surface area contributed by atoms with Crippen molar-refractivity contribution >= 4 is 16.0 Å². The average Bonchev–Trinajstić information content (AvgIpc) is 2.39. The zero-order valence-electron chi connectivity index (χ0n) is 9.87. The largest absolute Gasteiger partial charge is 0.478 e. The van der Waals surface area contributed by atoms with Crippen LogP contribution in [0.2, 0.25) is 0 Å². The van der Waals surface area contributed by atoms with Gasteiger partial charge in [0.25, 0.3) is 0 Å². The first-order valence-electron chi connectivity index (χ1n) is 5.53. The van der Waals surface area contributed by atoms with Gasteiger partial charge < -0.3 is 9.84 Å². The molecule has 0 unspecified atom stereocenters. The minimum absolute atomic E-state index is 0.168. The SMILES string of the molecule is O=C(O)c1cc(F)cc(S(=O)(=O)N2CCOCC2)c1. The van der Waals surface area contributed by atoms with Crippen molar-refractivity contribution in [2.45, 2.75) is 4.90 Å². The normalized spacial score (nSPS) is 17.3.